The number of halogens is 4. The minimum Gasteiger partial charge on any atom is -0.489 e. The molecular formula is C25H26F4O5. The standard InChI is InChI=1S/C25H26F4O5/c1-24(26,27)21-13-18(9-7-16(21)8-10-23(30)31)33-15-17-14-32-12-11-19(17)20-5-3-4-6-22(20)34-25(2,28)29/h3-7,9,13H,8,10-12,14-15H2,1-2H3,(H,30,31). The van der Waals surface area contributed by atoms with Crippen LogP contribution in [-0.2, 0) is 21.9 Å². The Balaban J connectivity index is 1.87. The Morgan fingerprint density at radius 2 is 1.85 bits per heavy atom. The molecule has 1 N–H and O–H groups in total. The lowest BCUT2D eigenvalue weighted by molar-refractivity contribution is -0.159. The lowest BCUT2D eigenvalue weighted by atomic mass is 9.95. The van der Waals surface area contributed by atoms with Gasteiger partial charge in [0.25, 0.3) is 5.92 Å². The first-order chi connectivity index (χ1) is 15.9. The zero-order chi connectivity index (χ0) is 24.9. The van der Waals surface area contributed by atoms with E-state index in [1.165, 1.54) is 24.3 Å². The minimum absolute atomic E-state index is 0.00458. The number of aliphatic carboxylic acids is 1. The molecule has 0 amide bonds. The van der Waals surface area contributed by atoms with Crippen molar-refractivity contribution in [2.24, 2.45) is 0 Å². The summed E-state index contributed by atoms with van der Waals surface area (Å²) in [5.41, 5.74) is 1.85. The smallest absolute Gasteiger partial charge is 0.394 e. The van der Waals surface area contributed by atoms with Gasteiger partial charge in [-0.25, -0.2) is 8.78 Å². The van der Waals surface area contributed by atoms with Crippen molar-refractivity contribution < 1.29 is 41.7 Å². The van der Waals surface area contributed by atoms with Gasteiger partial charge in [-0.3, -0.25) is 4.79 Å². The molecule has 1 aliphatic rings. The zero-order valence-electron chi connectivity index (χ0n) is 18.9. The summed E-state index contributed by atoms with van der Waals surface area (Å²) >= 11 is 0. The average Bonchev–Trinajstić information content (AvgIpc) is 2.75. The Morgan fingerprint density at radius 3 is 2.53 bits per heavy atom. The first-order valence-electron chi connectivity index (χ1n) is 10.7. The summed E-state index contributed by atoms with van der Waals surface area (Å²) in [5.74, 6) is -4.06. The first-order valence-corrected chi connectivity index (χ1v) is 10.7. The van der Waals surface area contributed by atoms with Crippen LogP contribution in [-0.4, -0.2) is 37.0 Å². The van der Waals surface area contributed by atoms with Gasteiger partial charge in [0.2, 0.25) is 0 Å². The van der Waals surface area contributed by atoms with Crippen molar-refractivity contribution in [1.29, 1.82) is 0 Å². The first kappa shape index (κ1) is 25.6. The van der Waals surface area contributed by atoms with Crippen LogP contribution in [0, 0.1) is 0 Å². The van der Waals surface area contributed by atoms with E-state index < -0.39 is 18.0 Å². The highest BCUT2D eigenvalue weighted by atomic mass is 19.3. The van der Waals surface area contributed by atoms with Gasteiger partial charge in [-0.1, -0.05) is 24.3 Å². The van der Waals surface area contributed by atoms with Gasteiger partial charge in [0, 0.05) is 31.4 Å². The normalized spacial score (nSPS) is 14.8. The highest BCUT2D eigenvalue weighted by Crippen LogP contribution is 2.36. The second-order valence-electron chi connectivity index (χ2n) is 8.18. The quantitative estimate of drug-likeness (QED) is 0.417. The van der Waals surface area contributed by atoms with E-state index in [1.807, 2.05) is 0 Å². The van der Waals surface area contributed by atoms with Crippen LogP contribution in [0.25, 0.3) is 5.57 Å². The summed E-state index contributed by atoms with van der Waals surface area (Å²) in [6, 6.07) is 10.6. The van der Waals surface area contributed by atoms with E-state index in [2.05, 4.69) is 0 Å². The molecule has 9 heteroatoms. The highest BCUT2D eigenvalue weighted by molar-refractivity contribution is 5.74. The van der Waals surface area contributed by atoms with Crippen LogP contribution in [0.5, 0.6) is 11.5 Å². The van der Waals surface area contributed by atoms with Crippen molar-refractivity contribution in [3.63, 3.8) is 0 Å². The van der Waals surface area contributed by atoms with Crippen molar-refractivity contribution in [3.8, 4) is 11.5 Å². The second kappa shape index (κ2) is 10.5. The summed E-state index contributed by atoms with van der Waals surface area (Å²) in [4.78, 5) is 10.8. The Labute approximate surface area is 194 Å². The second-order valence-corrected chi connectivity index (χ2v) is 8.18. The maximum atomic E-state index is 14.2. The third kappa shape index (κ3) is 6.96. The molecule has 0 aliphatic carbocycles. The van der Waals surface area contributed by atoms with Gasteiger partial charge in [-0.2, -0.15) is 8.78 Å². The maximum absolute atomic E-state index is 14.2. The molecular weight excluding hydrogens is 456 g/mol. The molecule has 2 aromatic carbocycles. The van der Waals surface area contributed by atoms with E-state index in [4.69, 9.17) is 19.3 Å². The van der Waals surface area contributed by atoms with Crippen LogP contribution in [0.4, 0.5) is 17.6 Å². The van der Waals surface area contributed by atoms with E-state index in [0.29, 0.717) is 31.1 Å². The van der Waals surface area contributed by atoms with Gasteiger partial charge in [0.1, 0.15) is 18.1 Å². The zero-order valence-corrected chi connectivity index (χ0v) is 18.9. The molecule has 0 bridgehead atoms. The van der Waals surface area contributed by atoms with Crippen LogP contribution >= 0.6 is 0 Å². The number of para-hydroxylation sites is 1. The number of aryl methyl sites for hydroxylation is 1. The maximum Gasteiger partial charge on any atom is 0.394 e. The van der Waals surface area contributed by atoms with Crippen molar-refractivity contribution in [1.82, 2.24) is 0 Å². The van der Waals surface area contributed by atoms with Gasteiger partial charge < -0.3 is 19.3 Å². The monoisotopic (exact) mass is 482 g/mol. The highest BCUT2D eigenvalue weighted by Gasteiger charge is 2.29. The molecule has 34 heavy (non-hydrogen) atoms. The van der Waals surface area contributed by atoms with E-state index >= 15 is 0 Å². The Bertz CT molecular complexity index is 1050. The predicted molar refractivity (Wildman–Crippen MR) is 118 cm³/mol. The fraction of sp³-hybridized carbons (Fsp3) is 0.400. The molecule has 3 rings (SSSR count). The van der Waals surface area contributed by atoms with Crippen molar-refractivity contribution in [3.05, 3.63) is 64.7 Å². The number of alkyl halides is 4. The van der Waals surface area contributed by atoms with Crippen molar-refractivity contribution in [2.75, 3.05) is 19.8 Å². The van der Waals surface area contributed by atoms with E-state index in [1.54, 1.807) is 18.2 Å². The Hall–Kier alpha value is -3.07. The largest absolute Gasteiger partial charge is 0.489 e. The number of carbonyl (C=O) groups is 1. The van der Waals surface area contributed by atoms with E-state index in [9.17, 15) is 22.4 Å². The minimum atomic E-state index is -3.36. The molecule has 0 saturated carbocycles. The number of benzene rings is 2. The van der Waals surface area contributed by atoms with E-state index in [0.717, 1.165) is 12.5 Å². The molecule has 0 spiro atoms. The SMILES string of the molecule is CC(F)(F)Oc1ccccc1C1=C(COc2ccc(CCC(=O)O)c(C(C)(F)F)c2)COCC1. The van der Waals surface area contributed by atoms with E-state index in [-0.39, 0.29) is 48.7 Å². The number of carboxylic acids is 1. The molecule has 5 nitrogen and oxygen atoms in total. The van der Waals surface area contributed by atoms with Crippen molar-refractivity contribution >= 4 is 11.5 Å². The summed E-state index contributed by atoms with van der Waals surface area (Å²) < 4.78 is 71.5. The van der Waals surface area contributed by atoms with Crippen LogP contribution in [0.1, 0.15) is 43.4 Å². The van der Waals surface area contributed by atoms with Crippen molar-refractivity contribution in [2.45, 2.75) is 45.1 Å². The van der Waals surface area contributed by atoms with Crippen LogP contribution in [0.3, 0.4) is 0 Å². The summed E-state index contributed by atoms with van der Waals surface area (Å²) in [5, 5.41) is 8.87. The number of hydrogen-bond acceptors (Lipinski definition) is 4. The average molecular weight is 482 g/mol. The molecule has 0 unspecified atom stereocenters. The van der Waals surface area contributed by atoms with Gasteiger partial charge >= 0.3 is 12.1 Å². The molecule has 0 radical (unpaired) electrons. The van der Waals surface area contributed by atoms with Gasteiger partial charge in [0.05, 0.1) is 13.2 Å². The van der Waals surface area contributed by atoms with Gasteiger partial charge in [-0.15, -0.1) is 0 Å². The molecule has 1 aliphatic heterocycles. The molecule has 0 atom stereocenters. The molecule has 2 aromatic rings. The number of rotatable bonds is 10. The molecule has 1 heterocycles. The van der Waals surface area contributed by atoms with Crippen LogP contribution < -0.4 is 9.47 Å². The molecule has 184 valence electrons. The lowest BCUT2D eigenvalue weighted by Gasteiger charge is -2.24. The summed E-state index contributed by atoms with van der Waals surface area (Å²) in [6.45, 7) is 1.98. The number of hydrogen-bond donors (Lipinski definition) is 1. The number of ether oxygens (including phenoxy) is 3. The topological polar surface area (TPSA) is 65.0 Å². The fourth-order valence-electron chi connectivity index (χ4n) is 3.77. The fourth-order valence-corrected chi connectivity index (χ4v) is 3.77. The van der Waals surface area contributed by atoms with Crippen LogP contribution in [0.2, 0.25) is 0 Å². The summed E-state index contributed by atoms with van der Waals surface area (Å²) in [7, 11) is 0. The predicted octanol–water partition coefficient (Wildman–Crippen LogP) is 6.06. The molecule has 0 fully saturated rings. The lowest BCUT2D eigenvalue weighted by Crippen LogP contribution is -2.21. The molecule has 0 saturated heterocycles. The summed E-state index contributed by atoms with van der Waals surface area (Å²) in [6.07, 6.45) is -3.21. The Kier molecular flexibility index (Phi) is 7.86. The third-order valence-electron chi connectivity index (χ3n) is 5.28. The van der Waals surface area contributed by atoms with Gasteiger partial charge in [-0.05, 0) is 47.8 Å². The molecule has 0 aromatic heterocycles. The van der Waals surface area contributed by atoms with Crippen LogP contribution in [0.15, 0.2) is 48.0 Å². The Morgan fingerprint density at radius 1 is 1.12 bits per heavy atom. The van der Waals surface area contributed by atoms with Gasteiger partial charge in [0.15, 0.2) is 0 Å². The number of carboxylic acid groups (broad SMARTS) is 1. The third-order valence-corrected chi connectivity index (χ3v) is 5.28.